The average Bonchev–Trinajstić information content (AvgIpc) is 2.17. The molecule has 15 heavy (non-hydrogen) atoms. The molecule has 1 aliphatic rings. The zero-order valence-electron chi connectivity index (χ0n) is 9.61. The van der Waals surface area contributed by atoms with E-state index < -0.39 is 6.09 Å². The number of hydrogen-bond donors (Lipinski definition) is 1. The monoisotopic (exact) mass is 215 g/mol. The molecule has 4 heteroatoms. The molecule has 0 aromatic heterocycles. The lowest BCUT2D eigenvalue weighted by atomic mass is 9.99. The topological polar surface area (TPSA) is 49.8 Å². The first-order valence-corrected chi connectivity index (χ1v) is 5.65. The van der Waals surface area contributed by atoms with E-state index >= 15 is 0 Å². The van der Waals surface area contributed by atoms with Gasteiger partial charge in [0.15, 0.2) is 0 Å². The normalized spacial score (nSPS) is 22.1. The fraction of sp³-hybridized carbons (Fsp3) is 0.909. The third kappa shape index (κ3) is 4.51. The summed E-state index contributed by atoms with van der Waals surface area (Å²) in [5, 5.41) is 8.85. The maximum absolute atomic E-state index is 10.8. The first kappa shape index (κ1) is 12.3. The van der Waals surface area contributed by atoms with Crippen LogP contribution in [0.4, 0.5) is 4.79 Å². The molecule has 0 radical (unpaired) electrons. The summed E-state index contributed by atoms with van der Waals surface area (Å²) < 4.78 is 5.54. The van der Waals surface area contributed by atoms with Crippen LogP contribution in [0, 0.1) is 11.8 Å². The van der Waals surface area contributed by atoms with Gasteiger partial charge in [-0.15, -0.1) is 0 Å². The number of rotatable bonds is 4. The van der Waals surface area contributed by atoms with Crippen molar-refractivity contribution in [1.82, 2.24) is 4.90 Å². The zero-order valence-corrected chi connectivity index (χ0v) is 9.61. The first-order chi connectivity index (χ1) is 7.09. The Bertz CT molecular complexity index is 206. The third-order valence-electron chi connectivity index (χ3n) is 2.59. The quantitative estimate of drug-likeness (QED) is 0.780. The predicted octanol–water partition coefficient (Wildman–Crippen LogP) is 2.05. The van der Waals surface area contributed by atoms with Gasteiger partial charge >= 0.3 is 6.09 Å². The Morgan fingerprint density at radius 3 is 2.93 bits per heavy atom. The van der Waals surface area contributed by atoms with E-state index in [9.17, 15) is 4.79 Å². The van der Waals surface area contributed by atoms with E-state index in [1.165, 1.54) is 4.90 Å². The van der Waals surface area contributed by atoms with E-state index in [1.807, 2.05) is 0 Å². The van der Waals surface area contributed by atoms with Crippen molar-refractivity contribution in [2.45, 2.75) is 26.7 Å². The molecular formula is C11H21NO3. The highest BCUT2D eigenvalue weighted by atomic mass is 16.5. The van der Waals surface area contributed by atoms with E-state index in [0.717, 1.165) is 19.4 Å². The molecule has 1 atom stereocenters. The number of nitrogens with zero attached hydrogens (tertiary/aromatic N) is 1. The second-order valence-corrected chi connectivity index (χ2v) is 4.67. The molecule has 1 N–H and O–H groups in total. The van der Waals surface area contributed by atoms with Crippen LogP contribution in [0.1, 0.15) is 26.7 Å². The maximum atomic E-state index is 10.8. The average molecular weight is 215 g/mol. The molecule has 0 bridgehead atoms. The van der Waals surface area contributed by atoms with Crippen molar-refractivity contribution in [3.63, 3.8) is 0 Å². The third-order valence-corrected chi connectivity index (χ3v) is 2.59. The molecule has 0 saturated carbocycles. The number of ether oxygens (including phenoxy) is 1. The Labute approximate surface area is 91.2 Å². The number of piperidine rings is 1. The number of carbonyl (C=O) groups is 1. The highest BCUT2D eigenvalue weighted by Crippen LogP contribution is 2.16. The van der Waals surface area contributed by atoms with E-state index in [0.29, 0.717) is 31.5 Å². The van der Waals surface area contributed by atoms with Gasteiger partial charge in [-0.25, -0.2) is 4.79 Å². The van der Waals surface area contributed by atoms with Crippen molar-refractivity contribution in [2.24, 2.45) is 11.8 Å². The molecule has 0 aromatic rings. The summed E-state index contributed by atoms with van der Waals surface area (Å²) in [5.74, 6) is 0.928. The Balaban J connectivity index is 2.21. The summed E-state index contributed by atoms with van der Waals surface area (Å²) in [7, 11) is 0. The van der Waals surface area contributed by atoms with Gasteiger partial charge < -0.3 is 14.7 Å². The van der Waals surface area contributed by atoms with Crippen molar-refractivity contribution in [1.29, 1.82) is 0 Å². The molecule has 4 nitrogen and oxygen atoms in total. The Hall–Kier alpha value is -0.770. The van der Waals surface area contributed by atoms with Crippen molar-refractivity contribution in [3.8, 4) is 0 Å². The lowest BCUT2D eigenvalue weighted by Crippen LogP contribution is -2.40. The minimum Gasteiger partial charge on any atom is -0.465 e. The van der Waals surface area contributed by atoms with Crippen LogP contribution in [-0.4, -0.2) is 42.4 Å². The van der Waals surface area contributed by atoms with Crippen LogP contribution in [0.15, 0.2) is 0 Å². The van der Waals surface area contributed by atoms with Crippen LogP contribution in [0.25, 0.3) is 0 Å². The molecule has 0 unspecified atom stereocenters. The molecule has 0 aliphatic carbocycles. The summed E-state index contributed by atoms with van der Waals surface area (Å²) in [6.07, 6.45) is 1.24. The van der Waals surface area contributed by atoms with Gasteiger partial charge in [-0.2, -0.15) is 0 Å². The van der Waals surface area contributed by atoms with Crippen LogP contribution in [-0.2, 0) is 4.74 Å². The number of hydrogen-bond acceptors (Lipinski definition) is 2. The van der Waals surface area contributed by atoms with Crippen molar-refractivity contribution in [2.75, 3.05) is 26.3 Å². The maximum Gasteiger partial charge on any atom is 0.407 e. The van der Waals surface area contributed by atoms with Gasteiger partial charge in [0.25, 0.3) is 0 Å². The van der Waals surface area contributed by atoms with Crippen LogP contribution >= 0.6 is 0 Å². The van der Waals surface area contributed by atoms with Crippen LogP contribution in [0.2, 0.25) is 0 Å². The molecule has 0 aromatic carbocycles. The van der Waals surface area contributed by atoms with Crippen molar-refractivity contribution < 1.29 is 14.6 Å². The SMILES string of the molecule is CC(C)COC[C@H]1CCCN(C(=O)O)C1. The zero-order chi connectivity index (χ0) is 11.3. The summed E-state index contributed by atoms with van der Waals surface area (Å²) in [4.78, 5) is 12.3. The molecule has 1 saturated heterocycles. The predicted molar refractivity (Wildman–Crippen MR) is 58.0 cm³/mol. The molecule has 1 rings (SSSR count). The standard InChI is InChI=1S/C11H21NO3/c1-9(2)7-15-8-10-4-3-5-12(6-10)11(13)14/h9-10H,3-8H2,1-2H3,(H,13,14)/t10-/m0/s1. The van der Waals surface area contributed by atoms with Crippen LogP contribution < -0.4 is 0 Å². The van der Waals surface area contributed by atoms with E-state index in [4.69, 9.17) is 9.84 Å². The number of likely N-dealkylation sites (tertiary alicyclic amines) is 1. The minimum absolute atomic E-state index is 0.383. The number of carboxylic acid groups (broad SMARTS) is 1. The fourth-order valence-electron chi connectivity index (χ4n) is 1.85. The highest BCUT2D eigenvalue weighted by Gasteiger charge is 2.23. The smallest absolute Gasteiger partial charge is 0.407 e. The van der Waals surface area contributed by atoms with Gasteiger partial charge in [-0.05, 0) is 18.8 Å². The summed E-state index contributed by atoms with van der Waals surface area (Å²) in [6.45, 7) is 7.00. The Morgan fingerprint density at radius 1 is 1.60 bits per heavy atom. The van der Waals surface area contributed by atoms with Crippen molar-refractivity contribution in [3.05, 3.63) is 0 Å². The number of amides is 1. The molecule has 1 amide bonds. The Morgan fingerprint density at radius 2 is 2.33 bits per heavy atom. The van der Waals surface area contributed by atoms with E-state index in [1.54, 1.807) is 0 Å². The van der Waals surface area contributed by atoms with Gasteiger partial charge in [0.05, 0.1) is 6.61 Å². The lowest BCUT2D eigenvalue weighted by molar-refractivity contribution is 0.0479. The van der Waals surface area contributed by atoms with Gasteiger partial charge in [-0.3, -0.25) is 0 Å². The molecular weight excluding hydrogens is 194 g/mol. The van der Waals surface area contributed by atoms with Gasteiger partial charge in [0, 0.05) is 25.6 Å². The largest absolute Gasteiger partial charge is 0.465 e. The molecule has 1 fully saturated rings. The summed E-state index contributed by atoms with van der Waals surface area (Å²) in [6, 6.07) is 0. The van der Waals surface area contributed by atoms with Crippen LogP contribution in [0.3, 0.4) is 0 Å². The lowest BCUT2D eigenvalue weighted by Gasteiger charge is -2.30. The van der Waals surface area contributed by atoms with E-state index in [-0.39, 0.29) is 0 Å². The van der Waals surface area contributed by atoms with Gasteiger partial charge in [0.2, 0.25) is 0 Å². The summed E-state index contributed by atoms with van der Waals surface area (Å²) in [5.41, 5.74) is 0. The molecule has 1 aliphatic heterocycles. The fourth-order valence-corrected chi connectivity index (χ4v) is 1.85. The van der Waals surface area contributed by atoms with Gasteiger partial charge in [0.1, 0.15) is 0 Å². The molecule has 0 spiro atoms. The van der Waals surface area contributed by atoms with Crippen LogP contribution in [0.5, 0.6) is 0 Å². The Kier molecular flexibility index (Phi) is 4.88. The van der Waals surface area contributed by atoms with Crippen molar-refractivity contribution >= 4 is 6.09 Å². The molecule has 88 valence electrons. The molecule has 1 heterocycles. The first-order valence-electron chi connectivity index (χ1n) is 5.65. The van der Waals surface area contributed by atoms with E-state index in [2.05, 4.69) is 13.8 Å². The second kappa shape index (κ2) is 5.95. The minimum atomic E-state index is -0.802. The second-order valence-electron chi connectivity index (χ2n) is 4.67. The highest BCUT2D eigenvalue weighted by molar-refractivity contribution is 5.65. The summed E-state index contributed by atoms with van der Waals surface area (Å²) >= 11 is 0. The van der Waals surface area contributed by atoms with Gasteiger partial charge in [-0.1, -0.05) is 13.8 Å².